The summed E-state index contributed by atoms with van der Waals surface area (Å²) < 4.78 is 0. The van der Waals surface area contributed by atoms with E-state index in [1.54, 1.807) is 12.1 Å². The molecule has 1 rings (SSSR count). The van der Waals surface area contributed by atoms with Crippen LogP contribution in [0.2, 0.25) is 0 Å². The topological polar surface area (TPSA) is 40.2 Å². The summed E-state index contributed by atoms with van der Waals surface area (Å²) in [5.74, 6) is -1.14. The lowest BCUT2D eigenvalue weighted by molar-refractivity contribution is 0.0573. The minimum atomic E-state index is -1.14. The average Bonchev–Trinajstić information content (AvgIpc) is 2.04. The Kier molecular flexibility index (Phi) is 2.33. The molecular formula is C9H10NO2. The van der Waals surface area contributed by atoms with Crippen molar-refractivity contribution < 1.29 is 9.90 Å². The molecule has 0 fully saturated rings. The number of hydrogen-bond acceptors (Lipinski definition) is 2. The molecule has 63 valence electrons. The summed E-state index contributed by atoms with van der Waals surface area (Å²) >= 11 is 0. The molecule has 0 unspecified atom stereocenters. The SMILES string of the molecule is CN(C)c1ccc(C([O])=O)cc1. The maximum atomic E-state index is 10.4. The Morgan fingerprint density at radius 3 is 2.00 bits per heavy atom. The highest BCUT2D eigenvalue weighted by Crippen LogP contribution is 2.11. The van der Waals surface area contributed by atoms with Gasteiger partial charge in [-0.15, -0.1) is 0 Å². The van der Waals surface area contributed by atoms with Crippen LogP contribution in [0.1, 0.15) is 10.4 Å². The van der Waals surface area contributed by atoms with Crippen LogP contribution in [-0.4, -0.2) is 20.1 Å². The first-order valence-corrected chi connectivity index (χ1v) is 3.60. The number of anilines is 1. The number of carbonyl (C=O) groups is 1. The van der Waals surface area contributed by atoms with E-state index in [0.29, 0.717) is 0 Å². The van der Waals surface area contributed by atoms with Gasteiger partial charge >= 0.3 is 5.97 Å². The number of nitrogens with zero attached hydrogens (tertiary/aromatic N) is 1. The summed E-state index contributed by atoms with van der Waals surface area (Å²) in [4.78, 5) is 12.3. The van der Waals surface area contributed by atoms with Crippen molar-refractivity contribution in [2.75, 3.05) is 19.0 Å². The van der Waals surface area contributed by atoms with E-state index in [1.165, 1.54) is 12.1 Å². The average molecular weight is 164 g/mol. The second kappa shape index (κ2) is 3.26. The number of hydrogen-bond donors (Lipinski definition) is 0. The second-order valence-electron chi connectivity index (χ2n) is 2.73. The zero-order chi connectivity index (χ0) is 9.14. The minimum absolute atomic E-state index is 0.209. The lowest BCUT2D eigenvalue weighted by Crippen LogP contribution is -2.08. The molecule has 1 aromatic rings. The van der Waals surface area contributed by atoms with Crippen molar-refractivity contribution in [2.24, 2.45) is 0 Å². The van der Waals surface area contributed by atoms with E-state index in [9.17, 15) is 9.90 Å². The maximum absolute atomic E-state index is 10.4. The Morgan fingerprint density at radius 2 is 1.67 bits per heavy atom. The number of carbonyl (C=O) groups excluding carboxylic acids is 1. The fraction of sp³-hybridized carbons (Fsp3) is 0.222. The number of rotatable bonds is 2. The molecule has 1 radical (unpaired) electrons. The molecule has 12 heavy (non-hydrogen) atoms. The minimum Gasteiger partial charge on any atom is -0.378 e. The highest BCUT2D eigenvalue weighted by atomic mass is 16.4. The zero-order valence-electron chi connectivity index (χ0n) is 7.07. The monoisotopic (exact) mass is 164 g/mol. The molecule has 3 nitrogen and oxygen atoms in total. The third kappa shape index (κ3) is 1.75. The summed E-state index contributed by atoms with van der Waals surface area (Å²) in [6.45, 7) is 0. The van der Waals surface area contributed by atoms with E-state index in [-0.39, 0.29) is 5.56 Å². The first-order chi connectivity index (χ1) is 5.61. The van der Waals surface area contributed by atoms with E-state index in [0.717, 1.165) is 5.69 Å². The fourth-order valence-electron chi connectivity index (χ4n) is 0.896. The van der Waals surface area contributed by atoms with Gasteiger partial charge in [-0.25, -0.2) is 9.90 Å². The number of benzene rings is 1. The smallest absolute Gasteiger partial charge is 0.378 e. The van der Waals surface area contributed by atoms with Crippen LogP contribution in [0, 0.1) is 0 Å². The van der Waals surface area contributed by atoms with Crippen molar-refractivity contribution in [3.8, 4) is 0 Å². The summed E-state index contributed by atoms with van der Waals surface area (Å²) in [5.41, 5.74) is 1.18. The Hall–Kier alpha value is -1.51. The molecule has 1 aromatic carbocycles. The summed E-state index contributed by atoms with van der Waals surface area (Å²) in [6, 6.07) is 6.55. The van der Waals surface area contributed by atoms with E-state index >= 15 is 0 Å². The molecule has 0 heterocycles. The van der Waals surface area contributed by atoms with Gasteiger partial charge in [0.15, 0.2) is 0 Å². The Balaban J connectivity index is 2.93. The van der Waals surface area contributed by atoms with Gasteiger partial charge in [-0.2, -0.15) is 0 Å². The largest absolute Gasteiger partial charge is 0.386 e. The van der Waals surface area contributed by atoms with E-state index in [2.05, 4.69) is 0 Å². The molecule has 0 spiro atoms. The molecule has 0 bridgehead atoms. The van der Waals surface area contributed by atoms with Crippen molar-refractivity contribution in [1.82, 2.24) is 0 Å². The fourth-order valence-corrected chi connectivity index (χ4v) is 0.896. The van der Waals surface area contributed by atoms with Crippen LogP contribution in [0.4, 0.5) is 5.69 Å². The second-order valence-corrected chi connectivity index (χ2v) is 2.73. The molecule has 0 aromatic heterocycles. The molecule has 0 atom stereocenters. The predicted octanol–water partition coefficient (Wildman–Crippen LogP) is 1.32. The Labute approximate surface area is 71.2 Å². The van der Waals surface area contributed by atoms with Gasteiger partial charge in [0.2, 0.25) is 0 Å². The van der Waals surface area contributed by atoms with Crippen molar-refractivity contribution in [2.45, 2.75) is 0 Å². The first-order valence-electron chi connectivity index (χ1n) is 3.60. The van der Waals surface area contributed by atoms with E-state index in [4.69, 9.17) is 0 Å². The highest BCUT2D eigenvalue weighted by Gasteiger charge is 2.03. The molecule has 0 aliphatic carbocycles. The van der Waals surface area contributed by atoms with E-state index in [1.807, 2.05) is 19.0 Å². The predicted molar refractivity (Wildman–Crippen MR) is 45.8 cm³/mol. The molecule has 3 heteroatoms. The van der Waals surface area contributed by atoms with Crippen LogP contribution in [-0.2, 0) is 5.11 Å². The van der Waals surface area contributed by atoms with Gasteiger partial charge in [0, 0.05) is 19.8 Å². The molecule has 0 amide bonds. The van der Waals surface area contributed by atoms with Gasteiger partial charge in [0.25, 0.3) is 0 Å². The summed E-state index contributed by atoms with van der Waals surface area (Å²) in [6.07, 6.45) is 0. The van der Waals surface area contributed by atoms with Crippen LogP contribution >= 0.6 is 0 Å². The van der Waals surface area contributed by atoms with Crippen molar-refractivity contribution >= 4 is 11.7 Å². The van der Waals surface area contributed by atoms with Crippen LogP contribution in [0.5, 0.6) is 0 Å². The van der Waals surface area contributed by atoms with Crippen LogP contribution in [0.15, 0.2) is 24.3 Å². The van der Waals surface area contributed by atoms with Gasteiger partial charge < -0.3 is 4.90 Å². The van der Waals surface area contributed by atoms with E-state index < -0.39 is 5.97 Å². The van der Waals surface area contributed by atoms with Gasteiger partial charge in [-0.1, -0.05) is 0 Å². The highest BCUT2D eigenvalue weighted by molar-refractivity contribution is 5.87. The normalized spacial score (nSPS) is 9.50. The van der Waals surface area contributed by atoms with Crippen LogP contribution in [0.3, 0.4) is 0 Å². The zero-order valence-corrected chi connectivity index (χ0v) is 7.07. The lowest BCUT2D eigenvalue weighted by atomic mass is 10.2. The van der Waals surface area contributed by atoms with Crippen molar-refractivity contribution in [3.05, 3.63) is 29.8 Å². The third-order valence-electron chi connectivity index (χ3n) is 1.62. The Bertz CT molecular complexity index is 277. The molecule has 0 aliphatic rings. The quantitative estimate of drug-likeness (QED) is 0.661. The molecule has 0 saturated heterocycles. The van der Waals surface area contributed by atoms with Crippen LogP contribution < -0.4 is 4.90 Å². The molecule has 0 N–H and O–H groups in total. The Morgan fingerprint density at radius 1 is 1.17 bits per heavy atom. The lowest BCUT2D eigenvalue weighted by Gasteiger charge is -2.11. The van der Waals surface area contributed by atoms with Gasteiger partial charge in [0.05, 0.1) is 5.56 Å². The summed E-state index contributed by atoms with van der Waals surface area (Å²) in [7, 11) is 3.79. The summed E-state index contributed by atoms with van der Waals surface area (Å²) in [5, 5.41) is 10.4. The van der Waals surface area contributed by atoms with Gasteiger partial charge in [0.1, 0.15) is 0 Å². The first kappa shape index (κ1) is 8.59. The molecular weight excluding hydrogens is 154 g/mol. The molecule has 0 aliphatic heterocycles. The molecule has 0 saturated carbocycles. The third-order valence-corrected chi connectivity index (χ3v) is 1.62. The van der Waals surface area contributed by atoms with Crippen molar-refractivity contribution in [1.29, 1.82) is 0 Å². The van der Waals surface area contributed by atoms with Crippen LogP contribution in [0.25, 0.3) is 0 Å². The van der Waals surface area contributed by atoms with Gasteiger partial charge in [-0.05, 0) is 24.3 Å². The standard InChI is InChI=1S/C9H10NO2/c1-10(2)8-5-3-7(4-6-8)9(11)12/h3-6H,1-2H3. The van der Waals surface area contributed by atoms with Crippen molar-refractivity contribution in [3.63, 3.8) is 0 Å². The van der Waals surface area contributed by atoms with Gasteiger partial charge in [-0.3, -0.25) is 0 Å². The maximum Gasteiger partial charge on any atom is 0.386 e.